The molecule has 0 N–H and O–H groups in total. The fraction of sp³-hybridized carbons (Fsp3) is 0.588. The van der Waals surface area contributed by atoms with Crippen LogP contribution in [0.15, 0.2) is 24.3 Å². The molecule has 1 aromatic rings. The summed E-state index contributed by atoms with van der Waals surface area (Å²) in [7, 11) is -3.34. The number of carbonyl (C=O) groups is 1. The van der Waals surface area contributed by atoms with E-state index in [1.54, 1.807) is 4.90 Å². The number of hydrogen-bond donors (Lipinski definition) is 0. The first kappa shape index (κ1) is 17.9. The number of hydrogen-bond acceptors (Lipinski definition) is 3. The van der Waals surface area contributed by atoms with Gasteiger partial charge in [0, 0.05) is 32.6 Å². The van der Waals surface area contributed by atoms with E-state index < -0.39 is 10.0 Å². The van der Waals surface area contributed by atoms with Gasteiger partial charge < -0.3 is 4.90 Å². The molecule has 6 heteroatoms. The number of nitrogens with zero attached hydrogens (tertiary/aromatic N) is 2. The van der Waals surface area contributed by atoms with Crippen molar-refractivity contribution in [3.05, 3.63) is 35.4 Å². The third kappa shape index (κ3) is 5.04. The van der Waals surface area contributed by atoms with E-state index in [2.05, 4.69) is 0 Å². The zero-order valence-corrected chi connectivity index (χ0v) is 14.8. The van der Waals surface area contributed by atoms with Crippen LogP contribution in [0.25, 0.3) is 0 Å². The summed E-state index contributed by atoms with van der Waals surface area (Å²) in [6.45, 7) is 5.96. The highest BCUT2D eigenvalue weighted by atomic mass is 32.2. The molecular weight excluding hydrogens is 312 g/mol. The van der Waals surface area contributed by atoms with Crippen LogP contribution in [-0.2, 0) is 20.6 Å². The van der Waals surface area contributed by atoms with Crippen LogP contribution < -0.4 is 0 Å². The second-order valence-electron chi connectivity index (χ2n) is 6.13. The van der Waals surface area contributed by atoms with Crippen LogP contribution >= 0.6 is 0 Å². The third-order valence-corrected chi connectivity index (χ3v) is 5.95. The summed E-state index contributed by atoms with van der Waals surface area (Å²) in [6, 6.07) is 7.60. The van der Waals surface area contributed by atoms with Gasteiger partial charge in [0.2, 0.25) is 15.9 Å². The van der Waals surface area contributed by atoms with Gasteiger partial charge in [0.05, 0.1) is 5.75 Å². The molecule has 1 aliphatic heterocycles. The van der Waals surface area contributed by atoms with Gasteiger partial charge in [-0.2, -0.15) is 4.31 Å². The van der Waals surface area contributed by atoms with Gasteiger partial charge in [0.1, 0.15) is 0 Å². The summed E-state index contributed by atoms with van der Waals surface area (Å²) < 4.78 is 26.8. The van der Waals surface area contributed by atoms with Crippen molar-refractivity contribution in [2.75, 3.05) is 26.2 Å². The molecule has 128 valence electrons. The lowest BCUT2D eigenvalue weighted by Gasteiger charge is -2.22. The fourth-order valence-electron chi connectivity index (χ4n) is 2.90. The molecule has 1 aliphatic rings. The molecule has 1 aromatic carbocycles. The van der Waals surface area contributed by atoms with Crippen molar-refractivity contribution in [3.63, 3.8) is 0 Å². The Morgan fingerprint density at radius 3 is 2.65 bits per heavy atom. The zero-order valence-electron chi connectivity index (χ0n) is 14.0. The zero-order chi connectivity index (χ0) is 16.9. The predicted octanol–water partition coefficient (Wildman–Crippen LogP) is 2.16. The van der Waals surface area contributed by atoms with Crippen LogP contribution in [0.4, 0.5) is 0 Å². The van der Waals surface area contributed by atoms with Crippen LogP contribution in [0.2, 0.25) is 0 Å². The Kier molecular flexibility index (Phi) is 6.18. The minimum Gasteiger partial charge on any atom is -0.341 e. The number of benzene rings is 1. The molecule has 0 atom stereocenters. The van der Waals surface area contributed by atoms with Crippen molar-refractivity contribution in [1.29, 1.82) is 0 Å². The number of carbonyl (C=O) groups excluding carboxylic acids is 1. The van der Waals surface area contributed by atoms with Gasteiger partial charge in [-0.1, -0.05) is 36.8 Å². The Labute approximate surface area is 139 Å². The lowest BCUT2D eigenvalue weighted by atomic mass is 10.2. The van der Waals surface area contributed by atoms with Gasteiger partial charge in [0.25, 0.3) is 0 Å². The highest BCUT2D eigenvalue weighted by Gasteiger charge is 2.26. The quantitative estimate of drug-likeness (QED) is 0.827. The van der Waals surface area contributed by atoms with Crippen molar-refractivity contribution >= 4 is 15.9 Å². The van der Waals surface area contributed by atoms with Gasteiger partial charge in [-0.05, 0) is 25.3 Å². The average molecular weight is 338 g/mol. The lowest BCUT2D eigenvalue weighted by molar-refractivity contribution is -0.131. The second kappa shape index (κ2) is 7.93. The van der Waals surface area contributed by atoms with Crippen molar-refractivity contribution < 1.29 is 13.2 Å². The number of sulfonamides is 1. The molecule has 0 aliphatic carbocycles. The Bertz CT molecular complexity index is 643. The molecule has 1 heterocycles. The summed E-state index contributed by atoms with van der Waals surface area (Å²) in [4.78, 5) is 13.8. The Balaban J connectivity index is 2.02. The van der Waals surface area contributed by atoms with Crippen molar-refractivity contribution in [2.45, 2.75) is 38.9 Å². The largest absolute Gasteiger partial charge is 0.341 e. The Morgan fingerprint density at radius 1 is 1.17 bits per heavy atom. The number of amides is 1. The van der Waals surface area contributed by atoms with Gasteiger partial charge in [-0.15, -0.1) is 0 Å². The third-order valence-electron chi connectivity index (χ3n) is 4.10. The molecule has 23 heavy (non-hydrogen) atoms. The molecular formula is C17H26N2O3S. The maximum absolute atomic E-state index is 12.6. The van der Waals surface area contributed by atoms with Gasteiger partial charge in [-0.25, -0.2) is 8.42 Å². The summed E-state index contributed by atoms with van der Waals surface area (Å²) >= 11 is 0. The first-order valence-corrected chi connectivity index (χ1v) is 9.84. The minimum atomic E-state index is -3.34. The molecule has 0 saturated carbocycles. The van der Waals surface area contributed by atoms with E-state index in [4.69, 9.17) is 0 Å². The van der Waals surface area contributed by atoms with E-state index in [1.807, 2.05) is 38.1 Å². The van der Waals surface area contributed by atoms with Crippen LogP contribution in [0.1, 0.15) is 37.3 Å². The van der Waals surface area contributed by atoms with E-state index in [-0.39, 0.29) is 11.7 Å². The van der Waals surface area contributed by atoms with Gasteiger partial charge >= 0.3 is 0 Å². The monoisotopic (exact) mass is 338 g/mol. The fourth-order valence-corrected chi connectivity index (χ4v) is 4.45. The normalized spacial score (nSPS) is 17.0. The summed E-state index contributed by atoms with van der Waals surface area (Å²) in [5.41, 5.74) is 1.87. The maximum atomic E-state index is 12.6. The van der Waals surface area contributed by atoms with Crippen LogP contribution in [-0.4, -0.2) is 49.7 Å². The van der Waals surface area contributed by atoms with Crippen LogP contribution in [0.5, 0.6) is 0 Å². The molecule has 0 aromatic heterocycles. The highest BCUT2D eigenvalue weighted by Crippen LogP contribution is 2.15. The molecule has 0 bridgehead atoms. The minimum absolute atomic E-state index is 0.0254. The molecule has 1 fully saturated rings. The lowest BCUT2D eigenvalue weighted by Crippen LogP contribution is -2.37. The van der Waals surface area contributed by atoms with E-state index in [0.717, 1.165) is 17.5 Å². The molecule has 0 unspecified atom stereocenters. The summed E-state index contributed by atoms with van der Waals surface area (Å²) in [6.07, 6.45) is 2.06. The Morgan fingerprint density at radius 2 is 1.96 bits per heavy atom. The SMILES string of the molecule is CCCC(=O)N1CCCN(S(=O)(=O)Cc2cccc(C)c2)CC1. The van der Waals surface area contributed by atoms with E-state index in [9.17, 15) is 13.2 Å². The first-order chi connectivity index (χ1) is 10.9. The summed E-state index contributed by atoms with van der Waals surface area (Å²) in [5, 5.41) is 0. The number of aryl methyl sites for hydroxylation is 1. The van der Waals surface area contributed by atoms with Gasteiger partial charge in [0.15, 0.2) is 0 Å². The topological polar surface area (TPSA) is 57.7 Å². The van der Waals surface area contributed by atoms with Gasteiger partial charge in [-0.3, -0.25) is 4.79 Å². The first-order valence-electron chi connectivity index (χ1n) is 8.23. The maximum Gasteiger partial charge on any atom is 0.222 e. The van der Waals surface area contributed by atoms with Crippen molar-refractivity contribution in [2.24, 2.45) is 0 Å². The average Bonchev–Trinajstić information content (AvgIpc) is 2.73. The molecule has 1 saturated heterocycles. The molecule has 5 nitrogen and oxygen atoms in total. The van der Waals surface area contributed by atoms with Crippen LogP contribution in [0, 0.1) is 6.92 Å². The Hall–Kier alpha value is -1.40. The van der Waals surface area contributed by atoms with E-state index >= 15 is 0 Å². The van der Waals surface area contributed by atoms with E-state index in [1.165, 1.54) is 4.31 Å². The van der Waals surface area contributed by atoms with E-state index in [0.29, 0.717) is 39.0 Å². The van der Waals surface area contributed by atoms with Crippen molar-refractivity contribution in [3.8, 4) is 0 Å². The summed E-state index contributed by atoms with van der Waals surface area (Å²) in [5.74, 6) is 0.155. The second-order valence-corrected chi connectivity index (χ2v) is 8.10. The number of rotatable bonds is 5. The molecule has 2 rings (SSSR count). The molecule has 1 amide bonds. The molecule has 0 radical (unpaired) electrons. The van der Waals surface area contributed by atoms with Crippen LogP contribution in [0.3, 0.4) is 0 Å². The highest BCUT2D eigenvalue weighted by molar-refractivity contribution is 7.88. The van der Waals surface area contributed by atoms with Crippen molar-refractivity contribution in [1.82, 2.24) is 9.21 Å². The predicted molar refractivity (Wildman–Crippen MR) is 91.5 cm³/mol. The standard InChI is InChI=1S/C17H26N2O3S/c1-3-6-17(20)18-9-5-10-19(12-11-18)23(21,22)14-16-8-4-7-15(2)13-16/h4,7-8,13H,3,5-6,9-12,14H2,1-2H3. The smallest absolute Gasteiger partial charge is 0.222 e. The molecule has 0 spiro atoms.